The standard InChI is InChI=1S/C15H16FNO3S/c1-10-8-17-14(11(2)15(10)20-3)9-21(18,19)13-6-4-5-12(16)7-13/h4-8H,9H2,1-3H3. The molecule has 0 spiro atoms. The molecule has 0 unspecified atom stereocenters. The van der Waals surface area contributed by atoms with Gasteiger partial charge in [0, 0.05) is 17.3 Å². The molecule has 4 nitrogen and oxygen atoms in total. The van der Waals surface area contributed by atoms with Crippen molar-refractivity contribution in [1.82, 2.24) is 4.98 Å². The third-order valence-corrected chi connectivity index (χ3v) is 4.86. The van der Waals surface area contributed by atoms with Crippen LogP contribution in [-0.2, 0) is 15.6 Å². The maximum Gasteiger partial charge on any atom is 0.184 e. The van der Waals surface area contributed by atoms with Crippen molar-refractivity contribution >= 4 is 9.84 Å². The summed E-state index contributed by atoms with van der Waals surface area (Å²) in [6, 6.07) is 4.96. The van der Waals surface area contributed by atoms with Gasteiger partial charge in [-0.25, -0.2) is 12.8 Å². The highest BCUT2D eigenvalue weighted by atomic mass is 32.2. The molecule has 0 amide bonds. The van der Waals surface area contributed by atoms with Crippen LogP contribution in [0.15, 0.2) is 35.4 Å². The van der Waals surface area contributed by atoms with Gasteiger partial charge in [0.1, 0.15) is 11.6 Å². The quantitative estimate of drug-likeness (QED) is 0.871. The Morgan fingerprint density at radius 3 is 2.62 bits per heavy atom. The number of benzene rings is 1. The van der Waals surface area contributed by atoms with Crippen LogP contribution in [-0.4, -0.2) is 20.5 Å². The normalized spacial score (nSPS) is 11.4. The van der Waals surface area contributed by atoms with Crippen molar-refractivity contribution < 1.29 is 17.5 Å². The van der Waals surface area contributed by atoms with E-state index in [0.717, 1.165) is 11.6 Å². The van der Waals surface area contributed by atoms with Gasteiger partial charge in [0.25, 0.3) is 0 Å². The third kappa shape index (κ3) is 3.21. The second-order valence-corrected chi connectivity index (χ2v) is 6.75. The molecule has 1 heterocycles. The number of sulfone groups is 1. The molecule has 1 aromatic carbocycles. The van der Waals surface area contributed by atoms with E-state index in [9.17, 15) is 12.8 Å². The summed E-state index contributed by atoms with van der Waals surface area (Å²) < 4.78 is 43.1. The molecule has 0 bridgehead atoms. The van der Waals surface area contributed by atoms with Crippen molar-refractivity contribution in [3.05, 3.63) is 53.1 Å². The predicted molar refractivity (Wildman–Crippen MR) is 77.6 cm³/mol. The van der Waals surface area contributed by atoms with E-state index in [1.54, 1.807) is 13.1 Å². The second kappa shape index (κ2) is 5.81. The molecule has 0 atom stereocenters. The van der Waals surface area contributed by atoms with Gasteiger partial charge in [0.2, 0.25) is 0 Å². The van der Waals surface area contributed by atoms with Crippen LogP contribution >= 0.6 is 0 Å². The molecule has 0 radical (unpaired) electrons. The second-order valence-electron chi connectivity index (χ2n) is 4.76. The highest BCUT2D eigenvalue weighted by molar-refractivity contribution is 7.90. The number of ether oxygens (including phenoxy) is 1. The number of hydrogen-bond donors (Lipinski definition) is 0. The Labute approximate surface area is 123 Å². The lowest BCUT2D eigenvalue weighted by Gasteiger charge is -2.12. The average molecular weight is 309 g/mol. The molecule has 2 rings (SSSR count). The fourth-order valence-corrected chi connectivity index (χ4v) is 3.54. The molecule has 21 heavy (non-hydrogen) atoms. The van der Waals surface area contributed by atoms with Crippen LogP contribution in [0.1, 0.15) is 16.8 Å². The van der Waals surface area contributed by atoms with Crippen LogP contribution in [0.3, 0.4) is 0 Å². The lowest BCUT2D eigenvalue weighted by atomic mass is 10.1. The SMILES string of the molecule is COc1c(C)cnc(CS(=O)(=O)c2cccc(F)c2)c1C. The number of halogens is 1. The summed E-state index contributed by atoms with van der Waals surface area (Å²) in [5.74, 6) is -0.254. The summed E-state index contributed by atoms with van der Waals surface area (Å²) in [5.41, 5.74) is 1.92. The molecule has 6 heteroatoms. The van der Waals surface area contributed by atoms with Crippen molar-refractivity contribution in [3.8, 4) is 5.75 Å². The molecule has 2 aromatic rings. The first-order valence-electron chi connectivity index (χ1n) is 6.32. The van der Waals surface area contributed by atoms with Gasteiger partial charge in [-0.2, -0.15) is 0 Å². The molecule has 0 N–H and O–H groups in total. The fourth-order valence-electron chi connectivity index (χ4n) is 2.14. The summed E-state index contributed by atoms with van der Waals surface area (Å²) in [7, 11) is -2.13. The highest BCUT2D eigenvalue weighted by Crippen LogP contribution is 2.26. The summed E-state index contributed by atoms with van der Waals surface area (Å²) in [5, 5.41) is 0. The highest BCUT2D eigenvalue weighted by Gasteiger charge is 2.20. The van der Waals surface area contributed by atoms with Gasteiger partial charge in [0.15, 0.2) is 9.84 Å². The van der Waals surface area contributed by atoms with E-state index < -0.39 is 15.7 Å². The summed E-state index contributed by atoms with van der Waals surface area (Å²) in [6.07, 6.45) is 1.57. The van der Waals surface area contributed by atoms with E-state index in [0.29, 0.717) is 17.0 Å². The summed E-state index contributed by atoms with van der Waals surface area (Å²) >= 11 is 0. The van der Waals surface area contributed by atoms with Crippen LogP contribution < -0.4 is 4.74 Å². The first kappa shape index (κ1) is 15.4. The maximum atomic E-state index is 13.2. The third-order valence-electron chi connectivity index (χ3n) is 3.23. The molecule has 0 saturated carbocycles. The monoisotopic (exact) mass is 309 g/mol. The smallest absolute Gasteiger partial charge is 0.184 e. The molecule has 0 fully saturated rings. The number of nitrogens with zero attached hydrogens (tertiary/aromatic N) is 1. The minimum absolute atomic E-state index is 0.0526. The van der Waals surface area contributed by atoms with Crippen LogP contribution in [0.5, 0.6) is 5.75 Å². The first-order chi connectivity index (χ1) is 9.85. The molecular weight excluding hydrogens is 293 g/mol. The minimum Gasteiger partial charge on any atom is -0.496 e. The van der Waals surface area contributed by atoms with Gasteiger partial charge in [-0.05, 0) is 32.0 Å². The van der Waals surface area contributed by atoms with Crippen molar-refractivity contribution in [2.24, 2.45) is 0 Å². The van der Waals surface area contributed by atoms with E-state index in [-0.39, 0.29) is 10.6 Å². The Bertz CT molecular complexity index is 772. The number of hydrogen-bond acceptors (Lipinski definition) is 4. The topological polar surface area (TPSA) is 56.3 Å². The molecule has 0 saturated heterocycles. The van der Waals surface area contributed by atoms with E-state index in [1.807, 2.05) is 6.92 Å². The zero-order chi connectivity index (χ0) is 15.6. The number of aryl methyl sites for hydroxylation is 1. The minimum atomic E-state index is -3.65. The number of aromatic nitrogens is 1. The molecule has 1 aromatic heterocycles. The van der Waals surface area contributed by atoms with E-state index >= 15 is 0 Å². The van der Waals surface area contributed by atoms with Gasteiger partial charge in [0.05, 0.1) is 23.5 Å². The van der Waals surface area contributed by atoms with E-state index in [1.165, 1.54) is 25.3 Å². The molecule has 0 aliphatic carbocycles. The molecule has 0 aliphatic rings. The zero-order valence-corrected chi connectivity index (χ0v) is 12.9. The Hall–Kier alpha value is -1.95. The fraction of sp³-hybridized carbons (Fsp3) is 0.267. The Morgan fingerprint density at radius 1 is 1.29 bits per heavy atom. The molecule has 0 aliphatic heterocycles. The van der Waals surface area contributed by atoms with Gasteiger partial charge in [-0.1, -0.05) is 6.07 Å². The Morgan fingerprint density at radius 2 is 2.00 bits per heavy atom. The zero-order valence-electron chi connectivity index (χ0n) is 12.1. The Kier molecular flexibility index (Phi) is 4.27. The van der Waals surface area contributed by atoms with E-state index in [2.05, 4.69) is 4.98 Å². The number of methoxy groups -OCH3 is 1. The largest absolute Gasteiger partial charge is 0.496 e. The van der Waals surface area contributed by atoms with Crippen molar-refractivity contribution in [2.45, 2.75) is 24.5 Å². The number of rotatable bonds is 4. The van der Waals surface area contributed by atoms with Crippen molar-refractivity contribution in [2.75, 3.05) is 7.11 Å². The van der Waals surface area contributed by atoms with Crippen LogP contribution in [0.4, 0.5) is 4.39 Å². The molecular formula is C15H16FNO3S. The number of pyridine rings is 1. The maximum absolute atomic E-state index is 13.2. The Balaban J connectivity index is 2.42. The van der Waals surface area contributed by atoms with Gasteiger partial charge < -0.3 is 4.74 Å². The first-order valence-corrected chi connectivity index (χ1v) is 7.98. The van der Waals surface area contributed by atoms with Crippen molar-refractivity contribution in [1.29, 1.82) is 0 Å². The average Bonchev–Trinajstić information content (AvgIpc) is 2.43. The molecule has 112 valence electrons. The van der Waals surface area contributed by atoms with Crippen molar-refractivity contribution in [3.63, 3.8) is 0 Å². The van der Waals surface area contributed by atoms with Gasteiger partial charge in [-0.3, -0.25) is 4.98 Å². The summed E-state index contributed by atoms with van der Waals surface area (Å²) in [6.45, 7) is 3.60. The van der Waals surface area contributed by atoms with E-state index in [4.69, 9.17) is 4.74 Å². The predicted octanol–water partition coefficient (Wildman–Crippen LogP) is 2.82. The summed E-state index contributed by atoms with van der Waals surface area (Å²) in [4.78, 5) is 4.11. The van der Waals surface area contributed by atoms with Gasteiger partial charge in [-0.15, -0.1) is 0 Å². The van der Waals surface area contributed by atoms with Crippen LogP contribution in [0.25, 0.3) is 0 Å². The lowest BCUT2D eigenvalue weighted by Crippen LogP contribution is -2.09. The van der Waals surface area contributed by atoms with Gasteiger partial charge >= 0.3 is 0 Å². The van der Waals surface area contributed by atoms with Crippen LogP contribution in [0, 0.1) is 19.7 Å². The van der Waals surface area contributed by atoms with Crippen LogP contribution in [0.2, 0.25) is 0 Å². The lowest BCUT2D eigenvalue weighted by molar-refractivity contribution is 0.407.